The van der Waals surface area contributed by atoms with Crippen molar-refractivity contribution in [3.8, 4) is 0 Å². The molecule has 5 nitrogen and oxygen atoms in total. The molecule has 0 aliphatic heterocycles. The van der Waals surface area contributed by atoms with E-state index in [1.54, 1.807) is 6.20 Å². The van der Waals surface area contributed by atoms with Crippen molar-refractivity contribution in [3.05, 3.63) is 12.3 Å². The second kappa shape index (κ2) is 8.17. The standard InChI is InChI=1S/C16H28N4O/c1-3-11-19(12-4-2)13-16(21)18-15-9-10-17-20(15)14-7-5-6-8-14/h9-10,14H,3-8,11-13H2,1-2H3,(H,18,21). The average Bonchev–Trinajstić information content (AvgIpc) is 3.09. The summed E-state index contributed by atoms with van der Waals surface area (Å²) in [6.07, 6.45) is 8.80. The lowest BCUT2D eigenvalue weighted by molar-refractivity contribution is -0.117. The molecule has 0 aromatic carbocycles. The Hall–Kier alpha value is -1.36. The minimum atomic E-state index is 0.0663. The van der Waals surface area contributed by atoms with Crippen LogP contribution in [0.3, 0.4) is 0 Å². The summed E-state index contributed by atoms with van der Waals surface area (Å²) in [5.74, 6) is 0.913. The Balaban J connectivity index is 1.91. The third-order valence-corrected chi connectivity index (χ3v) is 4.06. The molecule has 1 amide bonds. The fourth-order valence-corrected chi connectivity index (χ4v) is 3.14. The van der Waals surface area contributed by atoms with Crippen molar-refractivity contribution in [2.24, 2.45) is 0 Å². The van der Waals surface area contributed by atoms with Gasteiger partial charge in [0.2, 0.25) is 5.91 Å². The zero-order valence-corrected chi connectivity index (χ0v) is 13.3. The van der Waals surface area contributed by atoms with Crippen LogP contribution in [-0.2, 0) is 4.79 Å². The number of amides is 1. The Kier molecular flexibility index (Phi) is 6.23. The van der Waals surface area contributed by atoms with E-state index in [4.69, 9.17) is 0 Å². The minimum absolute atomic E-state index is 0.0663. The molecule has 1 fully saturated rings. The molecule has 1 aromatic rings. The normalized spacial score (nSPS) is 15.8. The van der Waals surface area contributed by atoms with Gasteiger partial charge in [0.1, 0.15) is 5.82 Å². The highest BCUT2D eigenvalue weighted by atomic mass is 16.2. The van der Waals surface area contributed by atoms with Crippen LogP contribution in [0.4, 0.5) is 5.82 Å². The van der Waals surface area contributed by atoms with Gasteiger partial charge in [0.15, 0.2) is 0 Å². The molecule has 1 heterocycles. The number of aromatic nitrogens is 2. The first-order valence-corrected chi connectivity index (χ1v) is 8.30. The van der Waals surface area contributed by atoms with E-state index >= 15 is 0 Å². The largest absolute Gasteiger partial charge is 0.310 e. The number of carbonyl (C=O) groups excluding carboxylic acids is 1. The van der Waals surface area contributed by atoms with E-state index in [2.05, 4.69) is 29.2 Å². The fourth-order valence-electron chi connectivity index (χ4n) is 3.14. The van der Waals surface area contributed by atoms with Gasteiger partial charge in [0.25, 0.3) is 0 Å². The van der Waals surface area contributed by atoms with Crippen LogP contribution in [0, 0.1) is 0 Å². The molecule has 0 bridgehead atoms. The number of nitrogens with one attached hydrogen (secondary N) is 1. The molecule has 0 atom stereocenters. The summed E-state index contributed by atoms with van der Waals surface area (Å²) in [4.78, 5) is 14.5. The zero-order valence-electron chi connectivity index (χ0n) is 13.3. The monoisotopic (exact) mass is 292 g/mol. The Labute approximate surface area is 127 Å². The van der Waals surface area contributed by atoms with E-state index in [0.29, 0.717) is 12.6 Å². The second-order valence-electron chi connectivity index (χ2n) is 5.92. The summed E-state index contributed by atoms with van der Waals surface area (Å²) in [5, 5.41) is 7.43. The van der Waals surface area contributed by atoms with E-state index in [0.717, 1.165) is 31.7 Å². The van der Waals surface area contributed by atoms with Gasteiger partial charge < -0.3 is 5.32 Å². The SMILES string of the molecule is CCCN(CCC)CC(=O)Nc1ccnn1C1CCCC1. The molecule has 0 saturated heterocycles. The van der Waals surface area contributed by atoms with Crippen LogP contribution >= 0.6 is 0 Å². The first-order valence-electron chi connectivity index (χ1n) is 8.30. The van der Waals surface area contributed by atoms with Crippen molar-refractivity contribution in [3.63, 3.8) is 0 Å². The highest BCUT2D eigenvalue weighted by molar-refractivity contribution is 5.91. The predicted octanol–water partition coefficient (Wildman–Crippen LogP) is 3.06. The third kappa shape index (κ3) is 4.56. The summed E-state index contributed by atoms with van der Waals surface area (Å²) in [7, 11) is 0. The van der Waals surface area contributed by atoms with Crippen molar-refractivity contribution < 1.29 is 4.79 Å². The molecule has 1 saturated carbocycles. The van der Waals surface area contributed by atoms with E-state index in [1.165, 1.54) is 25.7 Å². The molecule has 0 radical (unpaired) electrons. The highest BCUT2D eigenvalue weighted by Gasteiger charge is 2.20. The molecule has 2 rings (SSSR count). The minimum Gasteiger partial charge on any atom is -0.310 e. The summed E-state index contributed by atoms with van der Waals surface area (Å²) in [5.41, 5.74) is 0. The van der Waals surface area contributed by atoms with Crippen LogP contribution in [0.5, 0.6) is 0 Å². The fraction of sp³-hybridized carbons (Fsp3) is 0.750. The summed E-state index contributed by atoms with van der Waals surface area (Å²) in [6, 6.07) is 2.36. The average molecular weight is 292 g/mol. The Bertz CT molecular complexity index is 431. The van der Waals surface area contributed by atoms with Crippen molar-refractivity contribution in [1.82, 2.24) is 14.7 Å². The van der Waals surface area contributed by atoms with Crippen LogP contribution in [0.15, 0.2) is 12.3 Å². The van der Waals surface area contributed by atoms with Gasteiger partial charge in [-0.2, -0.15) is 5.10 Å². The third-order valence-electron chi connectivity index (χ3n) is 4.06. The number of anilines is 1. The van der Waals surface area contributed by atoms with Gasteiger partial charge in [-0.05, 0) is 38.8 Å². The number of hydrogen-bond donors (Lipinski definition) is 1. The van der Waals surface area contributed by atoms with E-state index in [-0.39, 0.29) is 5.91 Å². The molecule has 0 spiro atoms. The number of carbonyl (C=O) groups is 1. The van der Waals surface area contributed by atoms with Crippen molar-refractivity contribution in [1.29, 1.82) is 0 Å². The van der Waals surface area contributed by atoms with Crippen LogP contribution in [-0.4, -0.2) is 40.2 Å². The van der Waals surface area contributed by atoms with E-state index in [1.807, 2.05) is 10.7 Å². The van der Waals surface area contributed by atoms with Gasteiger partial charge in [-0.25, -0.2) is 4.68 Å². The molecule has 118 valence electrons. The van der Waals surface area contributed by atoms with Gasteiger partial charge >= 0.3 is 0 Å². The molecular formula is C16H28N4O. The maximum Gasteiger partial charge on any atom is 0.239 e. The summed E-state index contributed by atoms with van der Waals surface area (Å²) >= 11 is 0. The molecular weight excluding hydrogens is 264 g/mol. The lowest BCUT2D eigenvalue weighted by atomic mass is 10.2. The number of nitrogens with zero attached hydrogens (tertiary/aromatic N) is 3. The Morgan fingerprint density at radius 2 is 2.00 bits per heavy atom. The number of hydrogen-bond acceptors (Lipinski definition) is 3. The first kappa shape index (κ1) is 16.0. The molecule has 21 heavy (non-hydrogen) atoms. The molecule has 1 aromatic heterocycles. The lowest BCUT2D eigenvalue weighted by Crippen LogP contribution is -2.35. The topological polar surface area (TPSA) is 50.2 Å². The van der Waals surface area contributed by atoms with Gasteiger partial charge in [-0.15, -0.1) is 0 Å². The number of rotatable bonds is 8. The molecule has 1 N–H and O–H groups in total. The lowest BCUT2D eigenvalue weighted by Gasteiger charge is -2.21. The molecule has 0 unspecified atom stereocenters. The summed E-state index contributed by atoms with van der Waals surface area (Å²) in [6.45, 7) is 6.72. The van der Waals surface area contributed by atoms with Crippen LogP contribution in [0.25, 0.3) is 0 Å². The second-order valence-corrected chi connectivity index (χ2v) is 5.92. The van der Waals surface area contributed by atoms with Gasteiger partial charge in [0, 0.05) is 6.07 Å². The molecule has 1 aliphatic carbocycles. The zero-order chi connectivity index (χ0) is 15.1. The van der Waals surface area contributed by atoms with Crippen LogP contribution in [0.1, 0.15) is 58.4 Å². The quantitative estimate of drug-likeness (QED) is 0.801. The molecule has 1 aliphatic rings. The van der Waals surface area contributed by atoms with Crippen molar-refractivity contribution >= 4 is 11.7 Å². The van der Waals surface area contributed by atoms with Gasteiger partial charge in [0.05, 0.1) is 18.8 Å². The van der Waals surface area contributed by atoms with Crippen LogP contribution < -0.4 is 5.32 Å². The Morgan fingerprint density at radius 1 is 1.33 bits per heavy atom. The highest BCUT2D eigenvalue weighted by Crippen LogP contribution is 2.31. The van der Waals surface area contributed by atoms with E-state index < -0.39 is 0 Å². The maximum atomic E-state index is 12.2. The van der Waals surface area contributed by atoms with Gasteiger partial charge in [-0.1, -0.05) is 26.7 Å². The van der Waals surface area contributed by atoms with E-state index in [9.17, 15) is 4.79 Å². The summed E-state index contributed by atoms with van der Waals surface area (Å²) < 4.78 is 1.99. The van der Waals surface area contributed by atoms with Crippen molar-refractivity contribution in [2.75, 3.05) is 25.0 Å². The van der Waals surface area contributed by atoms with Crippen molar-refractivity contribution in [2.45, 2.75) is 58.4 Å². The van der Waals surface area contributed by atoms with Crippen LogP contribution in [0.2, 0.25) is 0 Å². The molecule has 5 heteroatoms. The predicted molar refractivity (Wildman–Crippen MR) is 85.4 cm³/mol. The first-order chi connectivity index (χ1) is 10.2. The Morgan fingerprint density at radius 3 is 2.62 bits per heavy atom. The van der Waals surface area contributed by atoms with Gasteiger partial charge in [-0.3, -0.25) is 9.69 Å². The smallest absolute Gasteiger partial charge is 0.239 e. The maximum absolute atomic E-state index is 12.2.